The Hall–Kier alpha value is -2.07. The van der Waals surface area contributed by atoms with E-state index >= 15 is 0 Å². The Labute approximate surface area is 109 Å². The quantitative estimate of drug-likeness (QED) is 0.611. The largest absolute Gasteiger partial charge is 0.450 e. The van der Waals surface area contributed by atoms with Crippen molar-refractivity contribution in [3.05, 3.63) is 63.2 Å². The number of rotatable bonds is 3. The molecule has 0 aromatic heterocycles. The van der Waals surface area contributed by atoms with Gasteiger partial charge in [-0.05, 0) is 42.8 Å². The molecule has 0 spiro atoms. The molecule has 0 amide bonds. The van der Waals surface area contributed by atoms with Gasteiger partial charge >= 0.3 is 5.69 Å². The summed E-state index contributed by atoms with van der Waals surface area (Å²) in [5.74, 6) is 0.722. The van der Waals surface area contributed by atoms with E-state index in [2.05, 4.69) is 0 Å². The molecule has 0 aliphatic carbocycles. The van der Waals surface area contributed by atoms with Crippen molar-refractivity contribution in [1.82, 2.24) is 0 Å². The molecular weight excluding hydrogens is 254 g/mol. The molecule has 2 aromatic carbocycles. The Morgan fingerprint density at radius 2 is 1.83 bits per heavy atom. The van der Waals surface area contributed by atoms with E-state index in [0.29, 0.717) is 10.8 Å². The highest BCUT2D eigenvalue weighted by atomic mass is 35.5. The molecule has 0 saturated heterocycles. The van der Waals surface area contributed by atoms with E-state index in [-0.39, 0.29) is 11.4 Å². The summed E-state index contributed by atoms with van der Waals surface area (Å²) in [7, 11) is 0. The van der Waals surface area contributed by atoms with Crippen LogP contribution in [0.1, 0.15) is 5.56 Å². The van der Waals surface area contributed by atoms with Crippen LogP contribution in [0.2, 0.25) is 5.02 Å². The number of hydrogen-bond donors (Lipinski definition) is 0. The van der Waals surface area contributed by atoms with Crippen LogP contribution in [-0.2, 0) is 0 Å². The second-order valence-electron chi connectivity index (χ2n) is 3.78. The van der Waals surface area contributed by atoms with Crippen molar-refractivity contribution >= 4 is 17.3 Å². The van der Waals surface area contributed by atoms with E-state index in [1.807, 2.05) is 0 Å². The summed E-state index contributed by atoms with van der Waals surface area (Å²) in [6.45, 7) is 1.79. The minimum absolute atomic E-state index is 0.0510. The maximum Gasteiger partial charge on any atom is 0.311 e. The third-order valence-corrected chi connectivity index (χ3v) is 2.60. The number of hydrogen-bond acceptors (Lipinski definition) is 3. The summed E-state index contributed by atoms with van der Waals surface area (Å²) in [6.07, 6.45) is 0. The molecule has 0 aliphatic heterocycles. The number of aryl methyl sites for hydroxylation is 1. The summed E-state index contributed by atoms with van der Waals surface area (Å²) < 4.78 is 5.48. The van der Waals surface area contributed by atoms with Crippen molar-refractivity contribution in [2.45, 2.75) is 6.92 Å². The molecule has 0 fully saturated rings. The zero-order valence-electron chi connectivity index (χ0n) is 9.59. The topological polar surface area (TPSA) is 52.4 Å². The average molecular weight is 264 g/mol. The molecule has 4 nitrogen and oxygen atoms in total. The molecule has 0 bridgehead atoms. The van der Waals surface area contributed by atoms with Gasteiger partial charge in [0, 0.05) is 11.1 Å². The summed E-state index contributed by atoms with van der Waals surface area (Å²) in [5, 5.41) is 11.5. The maximum absolute atomic E-state index is 10.9. The fraction of sp³-hybridized carbons (Fsp3) is 0.0769. The van der Waals surface area contributed by atoms with Gasteiger partial charge in [0.25, 0.3) is 0 Å². The van der Waals surface area contributed by atoms with Gasteiger partial charge in [0.1, 0.15) is 5.75 Å². The van der Waals surface area contributed by atoms with Crippen molar-refractivity contribution in [3.8, 4) is 11.5 Å². The van der Waals surface area contributed by atoms with E-state index in [4.69, 9.17) is 16.3 Å². The highest BCUT2D eigenvalue weighted by Gasteiger charge is 2.15. The van der Waals surface area contributed by atoms with Gasteiger partial charge in [0.05, 0.1) is 4.92 Å². The Balaban J connectivity index is 2.34. The molecule has 92 valence electrons. The van der Waals surface area contributed by atoms with Gasteiger partial charge < -0.3 is 4.74 Å². The normalized spacial score (nSPS) is 10.1. The van der Waals surface area contributed by atoms with Gasteiger partial charge in [-0.3, -0.25) is 10.1 Å². The van der Waals surface area contributed by atoms with Crippen LogP contribution < -0.4 is 4.74 Å². The molecular formula is C13H10ClNO3. The summed E-state index contributed by atoms with van der Waals surface area (Å²) in [5.41, 5.74) is 0.759. The average Bonchev–Trinajstić information content (AvgIpc) is 2.34. The second kappa shape index (κ2) is 5.06. The molecule has 0 radical (unpaired) electrons. The van der Waals surface area contributed by atoms with Gasteiger partial charge in [-0.25, -0.2) is 0 Å². The van der Waals surface area contributed by atoms with Gasteiger partial charge in [-0.1, -0.05) is 17.7 Å². The first-order valence-corrected chi connectivity index (χ1v) is 5.62. The summed E-state index contributed by atoms with van der Waals surface area (Å²) >= 11 is 5.75. The van der Waals surface area contributed by atoms with E-state index in [1.165, 1.54) is 6.07 Å². The lowest BCUT2D eigenvalue weighted by Crippen LogP contribution is -1.94. The molecule has 0 atom stereocenters. The molecule has 0 saturated carbocycles. The van der Waals surface area contributed by atoms with E-state index < -0.39 is 4.92 Å². The van der Waals surface area contributed by atoms with Crippen LogP contribution in [0.15, 0.2) is 42.5 Å². The Bertz CT molecular complexity index is 581. The number of halogens is 1. The van der Waals surface area contributed by atoms with Crippen LogP contribution in [0.25, 0.3) is 0 Å². The monoisotopic (exact) mass is 263 g/mol. The van der Waals surface area contributed by atoms with Crippen molar-refractivity contribution in [3.63, 3.8) is 0 Å². The van der Waals surface area contributed by atoms with Crippen molar-refractivity contribution in [2.24, 2.45) is 0 Å². The standard InChI is InChI=1S/C13H10ClNO3/c1-9-2-7-13(12(8-9)15(16)17)18-11-5-3-10(14)4-6-11/h2-8H,1H3. The third kappa shape index (κ3) is 2.78. The lowest BCUT2D eigenvalue weighted by Gasteiger charge is -2.06. The minimum Gasteiger partial charge on any atom is -0.450 e. The van der Waals surface area contributed by atoms with E-state index in [9.17, 15) is 10.1 Å². The highest BCUT2D eigenvalue weighted by molar-refractivity contribution is 6.30. The van der Waals surface area contributed by atoms with Crippen LogP contribution in [0.3, 0.4) is 0 Å². The molecule has 0 heterocycles. The lowest BCUT2D eigenvalue weighted by atomic mass is 10.2. The number of nitro benzene ring substituents is 1. The molecule has 2 aromatic rings. The van der Waals surface area contributed by atoms with Gasteiger partial charge in [0.2, 0.25) is 5.75 Å². The van der Waals surface area contributed by atoms with Crippen molar-refractivity contribution in [1.29, 1.82) is 0 Å². The zero-order valence-corrected chi connectivity index (χ0v) is 10.3. The molecule has 18 heavy (non-hydrogen) atoms. The molecule has 5 heteroatoms. The molecule has 0 aliphatic rings. The van der Waals surface area contributed by atoms with Crippen molar-refractivity contribution < 1.29 is 9.66 Å². The predicted octanol–water partition coefficient (Wildman–Crippen LogP) is 4.35. The van der Waals surface area contributed by atoms with Crippen LogP contribution in [0.5, 0.6) is 11.5 Å². The highest BCUT2D eigenvalue weighted by Crippen LogP contribution is 2.32. The zero-order chi connectivity index (χ0) is 13.1. The van der Waals surface area contributed by atoms with E-state index in [0.717, 1.165) is 5.56 Å². The Morgan fingerprint density at radius 1 is 1.17 bits per heavy atom. The molecule has 2 rings (SSSR count). The van der Waals surface area contributed by atoms with Crippen LogP contribution >= 0.6 is 11.6 Å². The minimum atomic E-state index is -0.460. The van der Waals surface area contributed by atoms with Crippen LogP contribution in [0, 0.1) is 17.0 Å². The number of nitro groups is 1. The number of ether oxygens (including phenoxy) is 1. The third-order valence-electron chi connectivity index (χ3n) is 2.35. The predicted molar refractivity (Wildman–Crippen MR) is 69.4 cm³/mol. The maximum atomic E-state index is 10.9. The fourth-order valence-corrected chi connectivity index (χ4v) is 1.61. The number of benzene rings is 2. The first-order chi connectivity index (χ1) is 8.56. The lowest BCUT2D eigenvalue weighted by molar-refractivity contribution is -0.385. The summed E-state index contributed by atoms with van der Waals surface area (Å²) in [6, 6.07) is 11.5. The van der Waals surface area contributed by atoms with E-state index in [1.54, 1.807) is 43.3 Å². The van der Waals surface area contributed by atoms with Crippen LogP contribution in [-0.4, -0.2) is 4.92 Å². The first-order valence-electron chi connectivity index (χ1n) is 5.25. The Morgan fingerprint density at radius 3 is 2.44 bits per heavy atom. The SMILES string of the molecule is Cc1ccc(Oc2ccc(Cl)cc2)c([N+](=O)[O-])c1. The Kier molecular flexibility index (Phi) is 3.48. The van der Waals surface area contributed by atoms with Crippen LogP contribution in [0.4, 0.5) is 5.69 Å². The molecule has 0 unspecified atom stereocenters. The number of nitrogens with zero attached hydrogens (tertiary/aromatic N) is 1. The second-order valence-corrected chi connectivity index (χ2v) is 4.22. The fourth-order valence-electron chi connectivity index (χ4n) is 1.49. The van der Waals surface area contributed by atoms with Gasteiger partial charge in [-0.15, -0.1) is 0 Å². The van der Waals surface area contributed by atoms with Crippen molar-refractivity contribution in [2.75, 3.05) is 0 Å². The van der Waals surface area contributed by atoms with Gasteiger partial charge in [-0.2, -0.15) is 0 Å². The smallest absolute Gasteiger partial charge is 0.311 e. The molecule has 0 N–H and O–H groups in total. The summed E-state index contributed by atoms with van der Waals surface area (Å²) in [4.78, 5) is 10.5. The van der Waals surface area contributed by atoms with Gasteiger partial charge in [0.15, 0.2) is 0 Å². The first kappa shape index (κ1) is 12.4.